The summed E-state index contributed by atoms with van der Waals surface area (Å²) in [6.07, 6.45) is 4.57. The van der Waals surface area contributed by atoms with Crippen LogP contribution in [0.5, 0.6) is 0 Å². The molecule has 0 saturated carbocycles. The van der Waals surface area contributed by atoms with Crippen LogP contribution in [0.15, 0.2) is 10.4 Å². The maximum atomic E-state index is 4.61. The second-order valence-electron chi connectivity index (χ2n) is 4.88. The second-order valence-corrected chi connectivity index (χ2v) is 6.76. The zero-order valence-electron chi connectivity index (χ0n) is 13.3. The largest absolute Gasteiger partial charge is 0.356 e. The number of hydrogen-bond acceptors (Lipinski definition) is 4. The molecule has 1 heterocycles. The molecule has 0 aliphatic heterocycles. The van der Waals surface area contributed by atoms with Crippen LogP contribution in [0.3, 0.4) is 0 Å². The summed E-state index contributed by atoms with van der Waals surface area (Å²) in [4.78, 5) is 8.83. The van der Waals surface area contributed by atoms with E-state index >= 15 is 0 Å². The first-order valence-corrected chi connectivity index (χ1v) is 9.32. The Morgan fingerprint density at radius 1 is 1.38 bits per heavy atom. The van der Waals surface area contributed by atoms with Crippen LogP contribution >= 0.6 is 47.1 Å². The van der Waals surface area contributed by atoms with Gasteiger partial charge in [0.25, 0.3) is 0 Å². The van der Waals surface area contributed by atoms with Gasteiger partial charge in [-0.15, -0.1) is 35.3 Å². The maximum absolute atomic E-state index is 4.61. The van der Waals surface area contributed by atoms with Gasteiger partial charge in [0.05, 0.1) is 17.2 Å². The third kappa shape index (κ3) is 8.87. The fourth-order valence-corrected chi connectivity index (χ4v) is 2.97. The summed E-state index contributed by atoms with van der Waals surface area (Å²) in [5, 5.41) is 9.96. The Labute approximate surface area is 154 Å². The Bertz CT molecular complexity index is 407. The first-order chi connectivity index (χ1) is 9.67. The van der Waals surface area contributed by atoms with Gasteiger partial charge in [0.2, 0.25) is 0 Å². The van der Waals surface area contributed by atoms with Crippen LogP contribution in [0, 0.1) is 0 Å². The highest BCUT2D eigenvalue weighted by atomic mass is 127. The molecule has 0 fully saturated rings. The first-order valence-electron chi connectivity index (χ1n) is 7.05. The number of hydrogen-bond donors (Lipinski definition) is 2. The van der Waals surface area contributed by atoms with Crippen molar-refractivity contribution >= 4 is 53.0 Å². The molecule has 0 amide bonds. The lowest BCUT2D eigenvalue weighted by Gasteiger charge is -2.10. The zero-order chi connectivity index (χ0) is 14.8. The minimum Gasteiger partial charge on any atom is -0.356 e. The van der Waals surface area contributed by atoms with Gasteiger partial charge in [0.1, 0.15) is 0 Å². The number of aliphatic imine (C=N–C) groups is 1. The van der Waals surface area contributed by atoms with Gasteiger partial charge in [0, 0.05) is 24.9 Å². The molecule has 0 aliphatic rings. The highest BCUT2D eigenvalue weighted by molar-refractivity contribution is 14.0. The standard InChI is InChI=1S/C14H26N4S2.HI/c1-11(2)13-18-12(10-20-13)9-17-14(15-3)16-7-5-6-8-19-4;/h10-11H,5-9H2,1-4H3,(H2,15,16,17);1H. The molecule has 1 aromatic heterocycles. The highest BCUT2D eigenvalue weighted by Gasteiger charge is 2.06. The van der Waals surface area contributed by atoms with Crippen molar-refractivity contribution in [1.82, 2.24) is 15.6 Å². The van der Waals surface area contributed by atoms with E-state index in [0.717, 1.165) is 24.7 Å². The van der Waals surface area contributed by atoms with E-state index in [4.69, 9.17) is 0 Å². The molecular weight excluding hydrogens is 415 g/mol. The number of halogens is 1. The predicted octanol–water partition coefficient (Wildman–Crippen LogP) is 3.69. The fraction of sp³-hybridized carbons (Fsp3) is 0.714. The van der Waals surface area contributed by atoms with Gasteiger partial charge < -0.3 is 10.6 Å². The predicted molar refractivity (Wildman–Crippen MR) is 107 cm³/mol. The average Bonchev–Trinajstić information content (AvgIpc) is 2.91. The number of rotatable bonds is 8. The van der Waals surface area contributed by atoms with Crippen molar-refractivity contribution in [1.29, 1.82) is 0 Å². The van der Waals surface area contributed by atoms with Crippen molar-refractivity contribution in [3.05, 3.63) is 16.1 Å². The highest BCUT2D eigenvalue weighted by Crippen LogP contribution is 2.18. The molecule has 0 spiro atoms. The summed E-state index contributed by atoms with van der Waals surface area (Å²) >= 11 is 3.63. The van der Waals surface area contributed by atoms with Gasteiger partial charge in [-0.1, -0.05) is 13.8 Å². The smallest absolute Gasteiger partial charge is 0.191 e. The molecule has 1 aromatic rings. The number of nitrogens with one attached hydrogen (secondary N) is 2. The topological polar surface area (TPSA) is 49.3 Å². The molecule has 0 aromatic carbocycles. The molecule has 7 heteroatoms. The van der Waals surface area contributed by atoms with Gasteiger partial charge >= 0.3 is 0 Å². The molecule has 4 nitrogen and oxygen atoms in total. The van der Waals surface area contributed by atoms with Crippen LogP contribution in [-0.4, -0.2) is 36.5 Å². The van der Waals surface area contributed by atoms with E-state index in [2.05, 4.69) is 46.1 Å². The van der Waals surface area contributed by atoms with Crippen molar-refractivity contribution in [2.24, 2.45) is 4.99 Å². The first kappa shape index (κ1) is 21.0. The quantitative estimate of drug-likeness (QED) is 0.279. The molecule has 0 unspecified atom stereocenters. The molecular formula is C14H27IN4S2. The zero-order valence-corrected chi connectivity index (χ0v) is 17.3. The van der Waals surface area contributed by atoms with Gasteiger partial charge in [-0.2, -0.15) is 11.8 Å². The number of guanidine groups is 1. The van der Waals surface area contributed by atoms with Crippen LogP contribution in [0.1, 0.15) is 43.3 Å². The minimum atomic E-state index is 0. The molecule has 0 radical (unpaired) electrons. The van der Waals surface area contributed by atoms with Crippen LogP contribution in [-0.2, 0) is 6.54 Å². The van der Waals surface area contributed by atoms with Crippen molar-refractivity contribution in [3.8, 4) is 0 Å². The molecule has 0 bridgehead atoms. The van der Waals surface area contributed by atoms with Crippen molar-refractivity contribution in [3.63, 3.8) is 0 Å². The monoisotopic (exact) mass is 442 g/mol. The molecule has 0 saturated heterocycles. The molecule has 0 atom stereocenters. The van der Waals surface area contributed by atoms with Crippen LogP contribution < -0.4 is 10.6 Å². The Morgan fingerprint density at radius 3 is 2.71 bits per heavy atom. The summed E-state index contributed by atoms with van der Waals surface area (Å²) in [7, 11) is 1.80. The SMILES string of the molecule is CN=C(NCCCCSC)NCc1csc(C(C)C)n1.I. The molecule has 122 valence electrons. The molecule has 2 N–H and O–H groups in total. The van der Waals surface area contributed by atoms with E-state index in [-0.39, 0.29) is 24.0 Å². The van der Waals surface area contributed by atoms with Crippen LogP contribution in [0.25, 0.3) is 0 Å². The number of aromatic nitrogens is 1. The lowest BCUT2D eigenvalue weighted by molar-refractivity contribution is 0.728. The van der Waals surface area contributed by atoms with Gasteiger partial charge in [-0.05, 0) is 24.9 Å². The Hall–Kier alpha value is -0.0200. The average molecular weight is 442 g/mol. The lowest BCUT2D eigenvalue weighted by atomic mass is 10.2. The summed E-state index contributed by atoms with van der Waals surface area (Å²) in [6.45, 7) is 6.04. The van der Waals surface area contributed by atoms with E-state index in [1.54, 1.807) is 18.4 Å². The maximum Gasteiger partial charge on any atom is 0.191 e. The Morgan fingerprint density at radius 2 is 2.14 bits per heavy atom. The van der Waals surface area contributed by atoms with Gasteiger partial charge in [0.15, 0.2) is 5.96 Å². The summed E-state index contributed by atoms with van der Waals surface area (Å²) in [5.74, 6) is 2.58. The Kier molecular flexibility index (Phi) is 12.5. The number of thiazole rings is 1. The molecule has 21 heavy (non-hydrogen) atoms. The molecule has 0 aliphatic carbocycles. The van der Waals surface area contributed by atoms with E-state index in [9.17, 15) is 0 Å². The molecule has 1 rings (SSSR count). The summed E-state index contributed by atoms with van der Waals surface area (Å²) in [6, 6.07) is 0. The third-order valence-electron chi connectivity index (χ3n) is 2.79. The van der Waals surface area contributed by atoms with E-state index in [1.807, 2.05) is 11.8 Å². The van der Waals surface area contributed by atoms with Crippen molar-refractivity contribution in [2.45, 2.75) is 39.2 Å². The van der Waals surface area contributed by atoms with E-state index in [0.29, 0.717) is 5.92 Å². The Balaban J connectivity index is 0.00000400. The van der Waals surface area contributed by atoms with Gasteiger partial charge in [-0.3, -0.25) is 4.99 Å². The second kappa shape index (κ2) is 12.5. The third-order valence-corrected chi connectivity index (χ3v) is 4.68. The van der Waals surface area contributed by atoms with Crippen molar-refractivity contribution in [2.75, 3.05) is 25.6 Å². The number of unbranched alkanes of at least 4 members (excludes halogenated alkanes) is 1. The number of nitrogens with zero attached hydrogens (tertiary/aromatic N) is 2. The van der Waals surface area contributed by atoms with E-state index < -0.39 is 0 Å². The van der Waals surface area contributed by atoms with Crippen LogP contribution in [0.4, 0.5) is 0 Å². The van der Waals surface area contributed by atoms with E-state index in [1.165, 1.54) is 23.6 Å². The summed E-state index contributed by atoms with van der Waals surface area (Å²) < 4.78 is 0. The van der Waals surface area contributed by atoms with Crippen molar-refractivity contribution < 1.29 is 0 Å². The summed E-state index contributed by atoms with van der Waals surface area (Å²) in [5.41, 5.74) is 1.09. The fourth-order valence-electron chi connectivity index (χ4n) is 1.64. The lowest BCUT2D eigenvalue weighted by Crippen LogP contribution is -2.37. The minimum absolute atomic E-state index is 0. The number of thioether (sulfide) groups is 1. The van der Waals surface area contributed by atoms with Gasteiger partial charge in [-0.25, -0.2) is 4.98 Å². The van der Waals surface area contributed by atoms with Crippen LogP contribution in [0.2, 0.25) is 0 Å². The normalized spacial score (nSPS) is 11.4.